The molecule has 0 atom stereocenters. The minimum atomic E-state index is -0.539. The molecule has 0 heterocycles. The van der Waals surface area contributed by atoms with Crippen LogP contribution >= 0.6 is 0 Å². The molecule has 29 heavy (non-hydrogen) atoms. The van der Waals surface area contributed by atoms with Gasteiger partial charge in [-0.2, -0.15) is 0 Å². The predicted octanol–water partition coefficient (Wildman–Crippen LogP) is 3.84. The maximum Gasteiger partial charge on any atom is 0.269 e. The Balaban J connectivity index is 2.15. The number of unbranched alkanes of at least 4 members (excludes halogenated alkanes) is 1. The predicted molar refractivity (Wildman–Crippen MR) is 112 cm³/mol. The molecular weight excluding hydrogens is 370 g/mol. The van der Waals surface area contributed by atoms with Crippen LogP contribution in [0.5, 0.6) is 0 Å². The first-order valence-corrected chi connectivity index (χ1v) is 9.28. The molecule has 0 aliphatic carbocycles. The number of hydrogen-bond acceptors (Lipinski definition) is 4. The van der Waals surface area contributed by atoms with Gasteiger partial charge in [-0.1, -0.05) is 55.8 Å². The number of nitrogens with one attached hydrogen (secondary N) is 2. The van der Waals surface area contributed by atoms with Gasteiger partial charge in [0.2, 0.25) is 0 Å². The third-order valence-electron chi connectivity index (χ3n) is 4.00. The van der Waals surface area contributed by atoms with Crippen molar-refractivity contribution in [2.75, 3.05) is 6.54 Å². The lowest BCUT2D eigenvalue weighted by Crippen LogP contribution is -2.35. The van der Waals surface area contributed by atoms with Crippen LogP contribution in [-0.4, -0.2) is 23.3 Å². The van der Waals surface area contributed by atoms with Gasteiger partial charge in [-0.15, -0.1) is 0 Å². The van der Waals surface area contributed by atoms with Crippen molar-refractivity contribution in [2.24, 2.45) is 0 Å². The quantitative estimate of drug-likeness (QED) is 0.222. The molecule has 0 bridgehead atoms. The van der Waals surface area contributed by atoms with E-state index in [1.807, 2.05) is 43.3 Å². The van der Waals surface area contributed by atoms with Crippen LogP contribution in [0.3, 0.4) is 0 Å². The highest BCUT2D eigenvalue weighted by atomic mass is 16.6. The van der Waals surface area contributed by atoms with Gasteiger partial charge in [0.1, 0.15) is 5.70 Å². The van der Waals surface area contributed by atoms with Crippen LogP contribution in [0.2, 0.25) is 0 Å². The van der Waals surface area contributed by atoms with Crippen molar-refractivity contribution in [1.82, 2.24) is 10.6 Å². The lowest BCUT2D eigenvalue weighted by atomic mass is 10.2. The zero-order chi connectivity index (χ0) is 21.1. The molecule has 0 aromatic heterocycles. The summed E-state index contributed by atoms with van der Waals surface area (Å²) in [7, 11) is 0. The highest BCUT2D eigenvalue weighted by Crippen LogP contribution is 2.12. The summed E-state index contributed by atoms with van der Waals surface area (Å²) in [4.78, 5) is 35.1. The fourth-order valence-corrected chi connectivity index (χ4v) is 2.40. The van der Waals surface area contributed by atoms with Crippen LogP contribution in [0.15, 0.2) is 72.4 Å². The van der Waals surface area contributed by atoms with Crippen molar-refractivity contribution in [3.8, 4) is 0 Å². The fraction of sp³-hybridized carbons (Fsp3) is 0.182. The largest absolute Gasteiger partial charge is 0.351 e. The zero-order valence-electron chi connectivity index (χ0n) is 16.1. The van der Waals surface area contributed by atoms with Crippen LogP contribution in [-0.2, 0) is 4.79 Å². The molecule has 0 saturated carbocycles. The molecule has 0 saturated heterocycles. The Bertz CT molecular complexity index is 903. The van der Waals surface area contributed by atoms with E-state index in [-0.39, 0.29) is 16.9 Å². The first-order chi connectivity index (χ1) is 14.0. The first kappa shape index (κ1) is 21.6. The van der Waals surface area contributed by atoms with E-state index in [4.69, 9.17) is 0 Å². The number of carbonyl (C=O) groups is 2. The van der Waals surface area contributed by atoms with E-state index in [1.54, 1.807) is 6.08 Å². The van der Waals surface area contributed by atoms with Crippen LogP contribution in [0.25, 0.3) is 6.08 Å². The van der Waals surface area contributed by atoms with E-state index in [0.717, 1.165) is 18.4 Å². The van der Waals surface area contributed by atoms with E-state index in [2.05, 4.69) is 10.6 Å². The number of nitrogens with zero attached hydrogens (tertiary/aromatic N) is 1. The van der Waals surface area contributed by atoms with Crippen LogP contribution in [0.1, 0.15) is 35.7 Å². The minimum Gasteiger partial charge on any atom is -0.351 e. The molecule has 2 amide bonds. The van der Waals surface area contributed by atoms with Crippen molar-refractivity contribution in [3.05, 3.63) is 93.7 Å². The van der Waals surface area contributed by atoms with Crippen LogP contribution in [0, 0.1) is 10.1 Å². The number of benzene rings is 2. The molecule has 0 unspecified atom stereocenters. The molecule has 2 aromatic rings. The molecule has 2 aromatic carbocycles. The molecule has 150 valence electrons. The van der Waals surface area contributed by atoms with Crippen molar-refractivity contribution in [3.63, 3.8) is 0 Å². The van der Waals surface area contributed by atoms with Gasteiger partial charge in [0.05, 0.1) is 4.92 Å². The van der Waals surface area contributed by atoms with E-state index < -0.39 is 16.7 Å². The number of hydrogen-bond donors (Lipinski definition) is 2. The summed E-state index contributed by atoms with van der Waals surface area (Å²) >= 11 is 0. The van der Waals surface area contributed by atoms with Gasteiger partial charge in [-0.25, -0.2) is 0 Å². The van der Waals surface area contributed by atoms with E-state index >= 15 is 0 Å². The maximum atomic E-state index is 12.5. The monoisotopic (exact) mass is 393 g/mol. The summed E-state index contributed by atoms with van der Waals surface area (Å²) in [5, 5.41) is 16.1. The van der Waals surface area contributed by atoms with E-state index in [1.165, 1.54) is 30.3 Å². The third-order valence-corrected chi connectivity index (χ3v) is 4.00. The highest BCUT2D eigenvalue weighted by Gasteiger charge is 2.14. The molecule has 0 radical (unpaired) electrons. The summed E-state index contributed by atoms with van der Waals surface area (Å²) < 4.78 is 0. The number of non-ortho nitro benzene ring substituents is 1. The Labute approximate surface area is 169 Å². The van der Waals surface area contributed by atoms with Crippen molar-refractivity contribution in [1.29, 1.82) is 0 Å². The SMILES string of the molecule is CCCCNC(=O)/C(=C/C=C/c1ccccc1)NC(=O)c1ccc([N+](=O)[O-])cc1. The summed E-state index contributed by atoms with van der Waals surface area (Å²) in [5.41, 5.74) is 1.16. The average Bonchev–Trinajstić information content (AvgIpc) is 2.73. The summed E-state index contributed by atoms with van der Waals surface area (Å²) in [6.45, 7) is 2.52. The Hall–Kier alpha value is -3.74. The Kier molecular flexibility index (Phi) is 8.31. The van der Waals surface area contributed by atoms with E-state index in [9.17, 15) is 19.7 Å². The zero-order valence-corrected chi connectivity index (χ0v) is 16.1. The van der Waals surface area contributed by atoms with Gasteiger partial charge < -0.3 is 10.6 Å². The molecule has 2 rings (SSSR count). The lowest BCUT2D eigenvalue weighted by Gasteiger charge is -2.10. The molecule has 0 aliphatic rings. The van der Waals surface area contributed by atoms with Gasteiger partial charge in [0, 0.05) is 24.2 Å². The molecule has 0 spiro atoms. The Morgan fingerprint density at radius 3 is 2.38 bits per heavy atom. The van der Waals surface area contributed by atoms with Gasteiger partial charge in [-0.3, -0.25) is 19.7 Å². The molecule has 2 N–H and O–H groups in total. The summed E-state index contributed by atoms with van der Waals surface area (Å²) in [6.07, 6.45) is 6.78. The number of nitro groups is 1. The maximum absolute atomic E-state index is 12.5. The normalized spacial score (nSPS) is 11.3. The highest BCUT2D eigenvalue weighted by molar-refractivity contribution is 6.03. The number of rotatable bonds is 9. The number of nitro benzene ring substituents is 1. The van der Waals surface area contributed by atoms with Crippen molar-refractivity contribution < 1.29 is 14.5 Å². The minimum absolute atomic E-state index is 0.0941. The van der Waals surface area contributed by atoms with Gasteiger partial charge in [-0.05, 0) is 30.2 Å². The standard InChI is InChI=1S/C22H23N3O4/c1-2-3-16-23-22(27)20(11-7-10-17-8-5-4-6-9-17)24-21(26)18-12-14-19(15-13-18)25(28)29/h4-15H,2-3,16H2,1H3,(H,23,27)(H,24,26)/b10-7+,20-11-. The van der Waals surface area contributed by atoms with Crippen LogP contribution in [0.4, 0.5) is 5.69 Å². The average molecular weight is 393 g/mol. The van der Waals surface area contributed by atoms with Gasteiger partial charge in [0.25, 0.3) is 17.5 Å². The number of carbonyl (C=O) groups excluding carboxylic acids is 2. The first-order valence-electron chi connectivity index (χ1n) is 9.28. The second-order valence-electron chi connectivity index (χ2n) is 6.22. The molecular formula is C22H23N3O4. The number of allylic oxidation sites excluding steroid dienone is 2. The second kappa shape index (κ2) is 11.2. The fourth-order valence-electron chi connectivity index (χ4n) is 2.40. The molecule has 0 fully saturated rings. The Morgan fingerprint density at radius 1 is 1.07 bits per heavy atom. The lowest BCUT2D eigenvalue weighted by molar-refractivity contribution is -0.384. The molecule has 0 aliphatic heterocycles. The van der Waals surface area contributed by atoms with Gasteiger partial charge in [0.15, 0.2) is 0 Å². The smallest absolute Gasteiger partial charge is 0.269 e. The van der Waals surface area contributed by atoms with Gasteiger partial charge >= 0.3 is 0 Å². The third kappa shape index (κ3) is 7.06. The summed E-state index contributed by atoms with van der Waals surface area (Å²) in [5.74, 6) is -0.920. The topological polar surface area (TPSA) is 101 Å². The van der Waals surface area contributed by atoms with Crippen molar-refractivity contribution >= 4 is 23.6 Å². The molecule has 7 heteroatoms. The van der Waals surface area contributed by atoms with Crippen LogP contribution < -0.4 is 10.6 Å². The molecule has 7 nitrogen and oxygen atoms in total. The second-order valence-corrected chi connectivity index (χ2v) is 6.22. The Morgan fingerprint density at radius 2 is 1.76 bits per heavy atom. The number of amides is 2. The van der Waals surface area contributed by atoms with E-state index in [0.29, 0.717) is 6.54 Å². The van der Waals surface area contributed by atoms with Crippen molar-refractivity contribution in [2.45, 2.75) is 19.8 Å². The summed E-state index contributed by atoms with van der Waals surface area (Å²) in [6, 6.07) is 14.7.